The molecule has 3 rings (SSSR count). The number of nitro groups is 1. The van der Waals surface area contributed by atoms with Crippen LogP contribution >= 0.6 is 0 Å². The first-order chi connectivity index (χ1) is 9.69. The van der Waals surface area contributed by atoms with E-state index in [4.69, 9.17) is 0 Å². The summed E-state index contributed by atoms with van der Waals surface area (Å²) in [7, 11) is 1.80. The zero-order chi connectivity index (χ0) is 14.1. The Balaban J connectivity index is 1.93. The number of anilines is 2. The number of nitro benzene ring substituents is 1. The summed E-state index contributed by atoms with van der Waals surface area (Å²) in [5.74, 6) is 0.779. The predicted molar refractivity (Wildman–Crippen MR) is 80.4 cm³/mol. The Hall–Kier alpha value is -1.78. The van der Waals surface area contributed by atoms with Crippen molar-refractivity contribution in [2.75, 3.05) is 23.8 Å². The molecule has 1 heterocycles. The third-order valence-electron chi connectivity index (χ3n) is 4.74. The Bertz CT molecular complexity index is 518. The minimum absolute atomic E-state index is 0.172. The second kappa shape index (κ2) is 5.31. The summed E-state index contributed by atoms with van der Waals surface area (Å²) in [6, 6.07) is 5.93. The molecule has 2 fully saturated rings. The fraction of sp³-hybridized carbons (Fsp3) is 0.600. The van der Waals surface area contributed by atoms with Crippen LogP contribution in [0.25, 0.3) is 0 Å². The average molecular weight is 275 g/mol. The van der Waals surface area contributed by atoms with Gasteiger partial charge in [-0.1, -0.05) is 12.8 Å². The van der Waals surface area contributed by atoms with Crippen molar-refractivity contribution >= 4 is 17.1 Å². The van der Waals surface area contributed by atoms with Gasteiger partial charge in [0.1, 0.15) is 0 Å². The average Bonchev–Trinajstić information content (AvgIpc) is 2.90. The van der Waals surface area contributed by atoms with Crippen LogP contribution in [0.2, 0.25) is 0 Å². The first-order valence-corrected chi connectivity index (χ1v) is 7.43. The highest BCUT2D eigenvalue weighted by molar-refractivity contribution is 5.65. The van der Waals surface area contributed by atoms with E-state index >= 15 is 0 Å². The van der Waals surface area contributed by atoms with Gasteiger partial charge in [-0.05, 0) is 31.2 Å². The summed E-state index contributed by atoms with van der Waals surface area (Å²) in [5.41, 5.74) is 1.98. The minimum Gasteiger partial charge on any atom is -0.388 e. The number of nitrogens with one attached hydrogen (secondary N) is 1. The quantitative estimate of drug-likeness (QED) is 0.678. The van der Waals surface area contributed by atoms with Crippen LogP contribution in [0, 0.1) is 16.0 Å². The van der Waals surface area contributed by atoms with Crippen molar-refractivity contribution in [3.05, 3.63) is 28.3 Å². The fourth-order valence-electron chi connectivity index (χ4n) is 3.74. The molecule has 5 heteroatoms. The van der Waals surface area contributed by atoms with Crippen molar-refractivity contribution < 1.29 is 4.92 Å². The number of rotatable bonds is 3. The molecule has 5 nitrogen and oxygen atoms in total. The van der Waals surface area contributed by atoms with Gasteiger partial charge in [-0.2, -0.15) is 0 Å². The van der Waals surface area contributed by atoms with Gasteiger partial charge in [-0.15, -0.1) is 0 Å². The number of hydrogen-bond acceptors (Lipinski definition) is 4. The molecule has 0 radical (unpaired) electrons. The van der Waals surface area contributed by atoms with Crippen LogP contribution in [-0.4, -0.2) is 24.6 Å². The van der Waals surface area contributed by atoms with Crippen LogP contribution in [0.5, 0.6) is 0 Å². The van der Waals surface area contributed by atoms with E-state index in [9.17, 15) is 10.1 Å². The Morgan fingerprint density at radius 1 is 1.25 bits per heavy atom. The number of non-ortho nitro benzene ring substituents is 1. The highest BCUT2D eigenvalue weighted by atomic mass is 16.6. The zero-order valence-corrected chi connectivity index (χ0v) is 11.8. The van der Waals surface area contributed by atoms with E-state index in [0.717, 1.165) is 23.8 Å². The molecule has 0 aromatic heterocycles. The highest BCUT2D eigenvalue weighted by Gasteiger charge is 2.36. The van der Waals surface area contributed by atoms with E-state index in [1.54, 1.807) is 19.2 Å². The molecule has 1 aliphatic carbocycles. The van der Waals surface area contributed by atoms with E-state index in [1.165, 1.54) is 32.1 Å². The maximum Gasteiger partial charge on any atom is 0.273 e. The van der Waals surface area contributed by atoms with Crippen LogP contribution in [0.15, 0.2) is 18.2 Å². The maximum atomic E-state index is 11.1. The summed E-state index contributed by atoms with van der Waals surface area (Å²) < 4.78 is 0. The fourth-order valence-corrected chi connectivity index (χ4v) is 3.74. The highest BCUT2D eigenvalue weighted by Crippen LogP contribution is 2.40. The molecule has 1 saturated heterocycles. The van der Waals surface area contributed by atoms with Gasteiger partial charge in [0.05, 0.1) is 4.92 Å². The van der Waals surface area contributed by atoms with Crippen molar-refractivity contribution in [2.45, 2.75) is 38.1 Å². The molecular formula is C15H21N3O2. The molecule has 20 heavy (non-hydrogen) atoms. The summed E-state index contributed by atoms with van der Waals surface area (Å²) >= 11 is 0. The van der Waals surface area contributed by atoms with Gasteiger partial charge in [-0.25, -0.2) is 0 Å². The molecule has 2 atom stereocenters. The molecule has 0 spiro atoms. The molecular weight excluding hydrogens is 254 g/mol. The van der Waals surface area contributed by atoms with E-state index in [-0.39, 0.29) is 10.6 Å². The van der Waals surface area contributed by atoms with E-state index in [2.05, 4.69) is 10.2 Å². The largest absolute Gasteiger partial charge is 0.388 e. The lowest BCUT2D eigenvalue weighted by atomic mass is 9.85. The molecule has 0 bridgehead atoms. The van der Waals surface area contributed by atoms with Crippen LogP contribution in [0.1, 0.15) is 32.1 Å². The molecule has 1 aliphatic heterocycles. The Morgan fingerprint density at radius 2 is 2.05 bits per heavy atom. The van der Waals surface area contributed by atoms with Crippen LogP contribution in [0.3, 0.4) is 0 Å². The number of nitrogens with zero attached hydrogens (tertiary/aromatic N) is 2. The summed E-state index contributed by atoms with van der Waals surface area (Å²) in [6.45, 7) is 1.03. The van der Waals surface area contributed by atoms with Gasteiger partial charge in [0.25, 0.3) is 5.69 Å². The van der Waals surface area contributed by atoms with Crippen molar-refractivity contribution in [3.8, 4) is 0 Å². The predicted octanol–water partition coefficient (Wildman–Crippen LogP) is 3.41. The third-order valence-corrected chi connectivity index (χ3v) is 4.74. The van der Waals surface area contributed by atoms with E-state index in [0.29, 0.717) is 6.04 Å². The third kappa shape index (κ3) is 2.32. The van der Waals surface area contributed by atoms with Gasteiger partial charge >= 0.3 is 0 Å². The maximum absolute atomic E-state index is 11.1. The zero-order valence-electron chi connectivity index (χ0n) is 11.8. The second-order valence-electron chi connectivity index (χ2n) is 5.84. The van der Waals surface area contributed by atoms with Gasteiger partial charge in [-0.3, -0.25) is 10.1 Å². The number of fused-ring (bicyclic) bond motifs is 1. The molecule has 2 aliphatic rings. The molecule has 1 aromatic carbocycles. The Labute approximate surface area is 119 Å². The lowest BCUT2D eigenvalue weighted by Gasteiger charge is -2.33. The van der Waals surface area contributed by atoms with Gasteiger partial charge < -0.3 is 10.2 Å². The van der Waals surface area contributed by atoms with Gasteiger partial charge in [0.2, 0.25) is 0 Å². The molecule has 1 saturated carbocycles. The lowest BCUT2D eigenvalue weighted by Crippen LogP contribution is -2.34. The number of hydrogen-bond donors (Lipinski definition) is 1. The lowest BCUT2D eigenvalue weighted by molar-refractivity contribution is -0.384. The summed E-state index contributed by atoms with van der Waals surface area (Å²) in [5, 5.41) is 14.1. The van der Waals surface area contributed by atoms with Crippen molar-refractivity contribution in [1.82, 2.24) is 0 Å². The van der Waals surface area contributed by atoms with Gasteiger partial charge in [0, 0.05) is 43.1 Å². The van der Waals surface area contributed by atoms with Crippen LogP contribution < -0.4 is 10.2 Å². The number of benzene rings is 1. The summed E-state index contributed by atoms with van der Waals surface area (Å²) in [4.78, 5) is 13.2. The Kier molecular flexibility index (Phi) is 3.51. The topological polar surface area (TPSA) is 58.4 Å². The van der Waals surface area contributed by atoms with Crippen LogP contribution in [-0.2, 0) is 0 Å². The van der Waals surface area contributed by atoms with Crippen molar-refractivity contribution in [3.63, 3.8) is 0 Å². The molecule has 2 unspecified atom stereocenters. The molecule has 1 aromatic rings. The molecule has 1 N–H and O–H groups in total. The Morgan fingerprint density at radius 3 is 2.80 bits per heavy atom. The monoisotopic (exact) mass is 275 g/mol. The second-order valence-corrected chi connectivity index (χ2v) is 5.84. The van der Waals surface area contributed by atoms with Crippen molar-refractivity contribution in [1.29, 1.82) is 0 Å². The van der Waals surface area contributed by atoms with E-state index in [1.807, 2.05) is 6.07 Å². The first-order valence-electron chi connectivity index (χ1n) is 7.43. The van der Waals surface area contributed by atoms with Crippen LogP contribution in [0.4, 0.5) is 17.1 Å². The van der Waals surface area contributed by atoms with E-state index < -0.39 is 0 Å². The minimum atomic E-state index is -0.307. The standard InChI is InChI=1S/C15H21N3O2/c1-16-12-8-13(10-14(9-12)18(19)20)17-7-6-11-4-2-3-5-15(11)17/h8-11,15-16H,2-7H2,1H3. The smallest absolute Gasteiger partial charge is 0.273 e. The summed E-state index contributed by atoms with van der Waals surface area (Å²) in [6.07, 6.45) is 6.39. The molecule has 108 valence electrons. The normalized spacial score (nSPS) is 25.4. The first kappa shape index (κ1) is 13.2. The molecule has 0 amide bonds. The van der Waals surface area contributed by atoms with Gasteiger partial charge in [0.15, 0.2) is 0 Å². The van der Waals surface area contributed by atoms with Crippen molar-refractivity contribution in [2.24, 2.45) is 5.92 Å². The SMILES string of the molecule is CNc1cc(N2CCC3CCCCC32)cc([N+](=O)[O-])c1.